The third kappa shape index (κ3) is 9.58. The minimum absolute atomic E-state index is 0. The SMILES string of the molecule is C=CCCCCCN(C)C(=NCc1cccc(C)n1)NCC.I. The minimum Gasteiger partial charge on any atom is -0.357 e. The molecule has 0 amide bonds. The molecule has 0 saturated carbocycles. The van der Waals surface area contributed by atoms with E-state index < -0.39 is 0 Å². The smallest absolute Gasteiger partial charge is 0.194 e. The first-order chi connectivity index (χ1) is 10.7. The van der Waals surface area contributed by atoms with Crippen LogP contribution in [0.3, 0.4) is 0 Å². The van der Waals surface area contributed by atoms with Crippen LogP contribution >= 0.6 is 24.0 Å². The monoisotopic (exact) mass is 430 g/mol. The Morgan fingerprint density at radius 1 is 1.35 bits per heavy atom. The fraction of sp³-hybridized carbons (Fsp3) is 0.556. The summed E-state index contributed by atoms with van der Waals surface area (Å²) in [6, 6.07) is 6.06. The molecule has 0 aliphatic rings. The number of hydrogen-bond acceptors (Lipinski definition) is 2. The molecule has 0 fully saturated rings. The van der Waals surface area contributed by atoms with E-state index in [9.17, 15) is 0 Å². The lowest BCUT2D eigenvalue weighted by Crippen LogP contribution is -2.39. The van der Waals surface area contributed by atoms with Crippen molar-refractivity contribution >= 4 is 29.9 Å². The predicted molar refractivity (Wildman–Crippen MR) is 110 cm³/mol. The number of nitrogens with zero attached hydrogens (tertiary/aromatic N) is 3. The Balaban J connectivity index is 0.00000484. The topological polar surface area (TPSA) is 40.5 Å². The van der Waals surface area contributed by atoms with E-state index in [1.807, 2.05) is 31.2 Å². The van der Waals surface area contributed by atoms with Crippen LogP contribution in [0.15, 0.2) is 35.8 Å². The highest BCUT2D eigenvalue weighted by Gasteiger charge is 2.05. The first kappa shape index (κ1) is 21.9. The molecule has 1 N–H and O–H groups in total. The second-order valence-electron chi connectivity index (χ2n) is 5.50. The number of halogens is 1. The lowest BCUT2D eigenvalue weighted by atomic mass is 10.2. The average molecular weight is 430 g/mol. The largest absolute Gasteiger partial charge is 0.357 e. The molecule has 0 radical (unpaired) electrons. The average Bonchev–Trinajstić information content (AvgIpc) is 2.51. The minimum atomic E-state index is 0. The third-order valence-corrected chi connectivity index (χ3v) is 3.44. The van der Waals surface area contributed by atoms with Crippen LogP contribution in [0.4, 0.5) is 0 Å². The fourth-order valence-corrected chi connectivity index (χ4v) is 2.23. The summed E-state index contributed by atoms with van der Waals surface area (Å²) in [6.07, 6.45) is 6.73. The van der Waals surface area contributed by atoms with Crippen molar-refractivity contribution in [1.29, 1.82) is 0 Å². The maximum Gasteiger partial charge on any atom is 0.194 e. The van der Waals surface area contributed by atoms with Gasteiger partial charge in [-0.2, -0.15) is 0 Å². The zero-order valence-electron chi connectivity index (χ0n) is 14.7. The molecule has 0 unspecified atom stereocenters. The van der Waals surface area contributed by atoms with E-state index in [2.05, 4.69) is 35.8 Å². The van der Waals surface area contributed by atoms with Crippen LogP contribution in [-0.2, 0) is 6.54 Å². The fourth-order valence-electron chi connectivity index (χ4n) is 2.23. The summed E-state index contributed by atoms with van der Waals surface area (Å²) < 4.78 is 0. The second kappa shape index (κ2) is 13.3. The molecule has 23 heavy (non-hydrogen) atoms. The Hall–Kier alpha value is -1.11. The lowest BCUT2D eigenvalue weighted by Gasteiger charge is -2.22. The molecule has 1 rings (SSSR count). The molecule has 130 valence electrons. The molecule has 0 saturated heterocycles. The van der Waals surface area contributed by atoms with Gasteiger partial charge in [0.05, 0.1) is 12.2 Å². The van der Waals surface area contributed by atoms with Gasteiger partial charge in [-0.15, -0.1) is 30.6 Å². The standard InChI is InChI=1S/C18H30N4.HI/c1-5-7-8-9-10-14-22(4)18(19-6-2)20-15-17-13-11-12-16(3)21-17;/h5,11-13H,1,6-10,14-15H2,2-4H3,(H,19,20);1H. The van der Waals surface area contributed by atoms with Gasteiger partial charge in [0, 0.05) is 25.8 Å². The van der Waals surface area contributed by atoms with Crippen molar-refractivity contribution in [3.63, 3.8) is 0 Å². The van der Waals surface area contributed by atoms with Crippen LogP contribution in [0.25, 0.3) is 0 Å². The molecular formula is C18H31IN4. The Bertz CT molecular complexity index is 474. The lowest BCUT2D eigenvalue weighted by molar-refractivity contribution is 0.455. The molecule has 0 spiro atoms. The molecule has 5 heteroatoms. The number of rotatable bonds is 9. The number of pyridine rings is 1. The number of guanidine groups is 1. The van der Waals surface area contributed by atoms with Crippen molar-refractivity contribution < 1.29 is 0 Å². The van der Waals surface area contributed by atoms with E-state index in [1.165, 1.54) is 19.3 Å². The van der Waals surface area contributed by atoms with E-state index in [0.29, 0.717) is 6.54 Å². The first-order valence-electron chi connectivity index (χ1n) is 8.20. The first-order valence-corrected chi connectivity index (χ1v) is 8.20. The highest BCUT2D eigenvalue weighted by molar-refractivity contribution is 14.0. The number of allylic oxidation sites excluding steroid dienone is 1. The molecule has 1 aromatic heterocycles. The second-order valence-corrected chi connectivity index (χ2v) is 5.50. The van der Waals surface area contributed by atoms with Crippen molar-refractivity contribution in [3.8, 4) is 0 Å². The van der Waals surface area contributed by atoms with Gasteiger partial charge in [-0.3, -0.25) is 4.98 Å². The summed E-state index contributed by atoms with van der Waals surface area (Å²) in [5.41, 5.74) is 2.04. The Kier molecular flexibility index (Phi) is 12.7. The molecule has 0 aromatic carbocycles. The zero-order valence-corrected chi connectivity index (χ0v) is 17.0. The quantitative estimate of drug-likeness (QED) is 0.210. The molecule has 0 bridgehead atoms. The van der Waals surface area contributed by atoms with Gasteiger partial charge < -0.3 is 10.2 Å². The maximum absolute atomic E-state index is 4.69. The van der Waals surface area contributed by atoms with Gasteiger partial charge in [-0.1, -0.05) is 18.6 Å². The van der Waals surface area contributed by atoms with Gasteiger partial charge in [-0.25, -0.2) is 4.99 Å². The normalized spacial score (nSPS) is 10.8. The number of aliphatic imine (C=N–C) groups is 1. The van der Waals surface area contributed by atoms with Crippen molar-refractivity contribution in [3.05, 3.63) is 42.2 Å². The predicted octanol–water partition coefficient (Wildman–Crippen LogP) is 4.15. The van der Waals surface area contributed by atoms with Crippen LogP contribution in [0, 0.1) is 6.92 Å². The Labute approximate surface area is 158 Å². The summed E-state index contributed by atoms with van der Waals surface area (Å²) in [5, 5.41) is 3.35. The molecular weight excluding hydrogens is 399 g/mol. The summed E-state index contributed by atoms with van der Waals surface area (Å²) in [6.45, 7) is 10.4. The van der Waals surface area contributed by atoms with Crippen LogP contribution < -0.4 is 5.32 Å². The van der Waals surface area contributed by atoms with Crippen LogP contribution in [-0.4, -0.2) is 36.0 Å². The Morgan fingerprint density at radius 3 is 2.78 bits per heavy atom. The van der Waals surface area contributed by atoms with E-state index in [1.54, 1.807) is 0 Å². The van der Waals surface area contributed by atoms with Crippen molar-refractivity contribution in [1.82, 2.24) is 15.2 Å². The summed E-state index contributed by atoms with van der Waals surface area (Å²) in [7, 11) is 2.10. The number of nitrogens with one attached hydrogen (secondary N) is 1. The zero-order chi connectivity index (χ0) is 16.2. The van der Waals surface area contributed by atoms with Gasteiger partial charge in [0.2, 0.25) is 0 Å². The number of unbranched alkanes of at least 4 members (excludes halogenated alkanes) is 3. The van der Waals surface area contributed by atoms with E-state index in [-0.39, 0.29) is 24.0 Å². The van der Waals surface area contributed by atoms with Crippen LogP contribution in [0.5, 0.6) is 0 Å². The molecule has 4 nitrogen and oxygen atoms in total. The molecule has 0 atom stereocenters. The van der Waals surface area contributed by atoms with Gasteiger partial charge in [0.15, 0.2) is 5.96 Å². The summed E-state index contributed by atoms with van der Waals surface area (Å²) >= 11 is 0. The van der Waals surface area contributed by atoms with Gasteiger partial charge in [0.1, 0.15) is 0 Å². The molecule has 0 aliphatic carbocycles. The number of hydrogen-bond donors (Lipinski definition) is 1. The highest BCUT2D eigenvalue weighted by atomic mass is 127. The van der Waals surface area contributed by atoms with Crippen molar-refractivity contribution in [2.75, 3.05) is 20.1 Å². The molecule has 0 aliphatic heterocycles. The van der Waals surface area contributed by atoms with Crippen LogP contribution in [0.2, 0.25) is 0 Å². The van der Waals surface area contributed by atoms with E-state index >= 15 is 0 Å². The third-order valence-electron chi connectivity index (χ3n) is 3.44. The highest BCUT2D eigenvalue weighted by Crippen LogP contribution is 2.03. The molecule has 1 heterocycles. The number of aromatic nitrogens is 1. The van der Waals surface area contributed by atoms with E-state index in [0.717, 1.165) is 36.9 Å². The van der Waals surface area contributed by atoms with Crippen molar-refractivity contribution in [2.45, 2.75) is 46.1 Å². The van der Waals surface area contributed by atoms with Crippen molar-refractivity contribution in [2.24, 2.45) is 4.99 Å². The van der Waals surface area contributed by atoms with Gasteiger partial charge in [0.25, 0.3) is 0 Å². The maximum atomic E-state index is 4.69. The summed E-state index contributed by atoms with van der Waals surface area (Å²) in [4.78, 5) is 11.4. The van der Waals surface area contributed by atoms with Gasteiger partial charge in [-0.05, 0) is 45.2 Å². The van der Waals surface area contributed by atoms with E-state index in [4.69, 9.17) is 4.99 Å². The number of aryl methyl sites for hydroxylation is 1. The van der Waals surface area contributed by atoms with Gasteiger partial charge >= 0.3 is 0 Å². The Morgan fingerprint density at radius 2 is 2.13 bits per heavy atom. The molecule has 1 aromatic rings. The summed E-state index contributed by atoms with van der Waals surface area (Å²) in [5.74, 6) is 0.953. The van der Waals surface area contributed by atoms with Crippen LogP contribution in [0.1, 0.15) is 44.0 Å².